The SMILES string of the molecule is O=C(NCC1(N2CCSCC2)CCCC1)C1CCCN(C(=O)c2cccc3ccccc23)C1. The van der Waals surface area contributed by atoms with E-state index in [2.05, 4.69) is 10.2 Å². The molecule has 3 fully saturated rings. The Hall–Kier alpha value is -2.05. The van der Waals surface area contributed by atoms with Gasteiger partial charge in [-0.2, -0.15) is 11.8 Å². The van der Waals surface area contributed by atoms with Crippen molar-refractivity contribution in [2.75, 3.05) is 44.2 Å². The Morgan fingerprint density at radius 1 is 0.970 bits per heavy atom. The summed E-state index contributed by atoms with van der Waals surface area (Å²) in [5, 5.41) is 5.40. The third-order valence-corrected chi connectivity index (χ3v) is 8.85. The zero-order chi connectivity index (χ0) is 22.7. The smallest absolute Gasteiger partial charge is 0.254 e. The van der Waals surface area contributed by atoms with Crippen molar-refractivity contribution in [1.82, 2.24) is 15.1 Å². The zero-order valence-corrected chi connectivity index (χ0v) is 20.2. The summed E-state index contributed by atoms with van der Waals surface area (Å²) in [6, 6.07) is 13.9. The average Bonchev–Trinajstić information content (AvgIpc) is 3.37. The molecule has 1 unspecified atom stereocenters. The van der Waals surface area contributed by atoms with Crippen LogP contribution in [0.3, 0.4) is 0 Å². The summed E-state index contributed by atoms with van der Waals surface area (Å²) in [6.45, 7) is 4.27. The largest absolute Gasteiger partial charge is 0.354 e. The van der Waals surface area contributed by atoms with E-state index in [4.69, 9.17) is 0 Å². The summed E-state index contributed by atoms with van der Waals surface area (Å²) in [4.78, 5) is 31.2. The fourth-order valence-corrected chi connectivity index (χ4v) is 6.93. The number of likely N-dealkylation sites (tertiary alicyclic amines) is 1. The van der Waals surface area contributed by atoms with Crippen molar-refractivity contribution >= 4 is 34.3 Å². The highest BCUT2D eigenvalue weighted by atomic mass is 32.2. The van der Waals surface area contributed by atoms with Gasteiger partial charge < -0.3 is 10.2 Å². The van der Waals surface area contributed by atoms with E-state index in [-0.39, 0.29) is 23.3 Å². The number of nitrogens with one attached hydrogen (secondary N) is 1. The summed E-state index contributed by atoms with van der Waals surface area (Å²) in [5.74, 6) is 2.45. The minimum absolute atomic E-state index is 0.0439. The molecule has 2 amide bonds. The first-order valence-corrected chi connectivity index (χ1v) is 13.7. The first kappa shape index (κ1) is 22.7. The molecular weight excluding hydrogens is 430 g/mol. The van der Waals surface area contributed by atoms with Crippen LogP contribution in [0.4, 0.5) is 0 Å². The van der Waals surface area contributed by atoms with Crippen molar-refractivity contribution in [3.8, 4) is 0 Å². The second-order valence-corrected chi connectivity index (χ2v) is 11.1. The van der Waals surface area contributed by atoms with Crippen molar-refractivity contribution in [2.24, 2.45) is 5.92 Å². The monoisotopic (exact) mass is 465 g/mol. The van der Waals surface area contributed by atoms with Gasteiger partial charge in [0.05, 0.1) is 5.92 Å². The Balaban J connectivity index is 1.24. The molecule has 2 aromatic carbocycles. The predicted molar refractivity (Wildman–Crippen MR) is 136 cm³/mol. The highest BCUT2D eigenvalue weighted by molar-refractivity contribution is 7.99. The van der Waals surface area contributed by atoms with Crippen molar-refractivity contribution in [3.63, 3.8) is 0 Å². The summed E-state index contributed by atoms with van der Waals surface area (Å²) in [5.41, 5.74) is 0.881. The molecule has 0 bridgehead atoms. The Morgan fingerprint density at radius 3 is 2.55 bits per heavy atom. The lowest BCUT2D eigenvalue weighted by Gasteiger charge is -2.44. The van der Waals surface area contributed by atoms with Gasteiger partial charge in [0.2, 0.25) is 5.91 Å². The van der Waals surface area contributed by atoms with Crippen LogP contribution < -0.4 is 5.32 Å². The van der Waals surface area contributed by atoms with Crippen LogP contribution in [0.25, 0.3) is 10.8 Å². The van der Waals surface area contributed by atoms with E-state index in [1.807, 2.05) is 59.1 Å². The molecule has 5 nitrogen and oxygen atoms in total. The first-order valence-electron chi connectivity index (χ1n) is 12.5. The standard InChI is InChI=1S/C27H35N3O2S/c31-25(28-20-27(12-3-4-13-27)30-15-17-33-18-16-30)22-9-6-14-29(19-22)26(32)24-11-5-8-21-7-1-2-10-23(21)24/h1-2,5,7-8,10-11,22H,3-4,6,9,12-20H2,(H,28,31). The van der Waals surface area contributed by atoms with E-state index in [0.29, 0.717) is 6.54 Å². The molecule has 0 spiro atoms. The minimum Gasteiger partial charge on any atom is -0.354 e. The molecular formula is C27H35N3O2S. The molecule has 6 heteroatoms. The van der Waals surface area contributed by atoms with Crippen LogP contribution in [0.1, 0.15) is 48.9 Å². The number of amides is 2. The van der Waals surface area contributed by atoms with Crippen LogP contribution in [0.15, 0.2) is 42.5 Å². The number of fused-ring (bicyclic) bond motifs is 1. The number of thioether (sulfide) groups is 1. The van der Waals surface area contributed by atoms with Gasteiger partial charge in [0.25, 0.3) is 5.91 Å². The molecule has 5 rings (SSSR count). The number of nitrogens with zero attached hydrogens (tertiary/aromatic N) is 2. The molecule has 0 aromatic heterocycles. The van der Waals surface area contributed by atoms with Crippen LogP contribution in [-0.4, -0.2) is 71.4 Å². The van der Waals surface area contributed by atoms with Gasteiger partial charge in [0.15, 0.2) is 0 Å². The molecule has 1 aliphatic carbocycles. The van der Waals surface area contributed by atoms with Crippen LogP contribution >= 0.6 is 11.8 Å². The lowest BCUT2D eigenvalue weighted by atomic mass is 9.92. The second-order valence-electron chi connectivity index (χ2n) is 9.87. The maximum absolute atomic E-state index is 13.4. The van der Waals surface area contributed by atoms with E-state index in [9.17, 15) is 9.59 Å². The molecule has 33 heavy (non-hydrogen) atoms. The van der Waals surface area contributed by atoms with Gasteiger partial charge in [-0.1, -0.05) is 49.2 Å². The maximum atomic E-state index is 13.4. The van der Waals surface area contributed by atoms with Gasteiger partial charge in [0.1, 0.15) is 0 Å². The number of carbonyl (C=O) groups excluding carboxylic acids is 2. The van der Waals surface area contributed by atoms with Crippen molar-refractivity contribution in [2.45, 2.75) is 44.1 Å². The molecule has 3 aliphatic rings. The lowest BCUT2D eigenvalue weighted by molar-refractivity contribution is -0.127. The predicted octanol–water partition coefficient (Wildman–Crippen LogP) is 4.17. The number of carbonyl (C=O) groups is 2. The summed E-state index contributed by atoms with van der Waals surface area (Å²) < 4.78 is 0. The van der Waals surface area contributed by atoms with Gasteiger partial charge in [-0.3, -0.25) is 14.5 Å². The topological polar surface area (TPSA) is 52.7 Å². The first-order chi connectivity index (χ1) is 16.2. The fourth-order valence-electron chi connectivity index (χ4n) is 6.03. The van der Waals surface area contributed by atoms with Crippen LogP contribution in [0, 0.1) is 5.92 Å². The normalized spacial score (nSPS) is 23.5. The number of hydrogen-bond donors (Lipinski definition) is 1. The maximum Gasteiger partial charge on any atom is 0.254 e. The Labute approximate surface area is 201 Å². The van der Waals surface area contributed by atoms with E-state index >= 15 is 0 Å². The van der Waals surface area contributed by atoms with Crippen molar-refractivity contribution in [1.29, 1.82) is 0 Å². The average molecular weight is 466 g/mol. The number of hydrogen-bond acceptors (Lipinski definition) is 4. The number of rotatable bonds is 5. The highest BCUT2D eigenvalue weighted by Gasteiger charge is 2.41. The summed E-state index contributed by atoms with van der Waals surface area (Å²) in [7, 11) is 0. The molecule has 2 aliphatic heterocycles. The molecule has 0 radical (unpaired) electrons. The Morgan fingerprint density at radius 2 is 1.73 bits per heavy atom. The molecule has 1 saturated carbocycles. The van der Waals surface area contributed by atoms with Crippen LogP contribution in [0.2, 0.25) is 0 Å². The summed E-state index contributed by atoms with van der Waals surface area (Å²) in [6.07, 6.45) is 6.64. The van der Waals surface area contributed by atoms with E-state index in [0.717, 1.165) is 55.4 Å². The quantitative estimate of drug-likeness (QED) is 0.720. The van der Waals surface area contributed by atoms with Crippen molar-refractivity contribution < 1.29 is 9.59 Å². The van der Waals surface area contributed by atoms with Gasteiger partial charge >= 0.3 is 0 Å². The van der Waals surface area contributed by atoms with Gasteiger partial charge in [-0.05, 0) is 42.5 Å². The van der Waals surface area contributed by atoms with Crippen LogP contribution in [0.5, 0.6) is 0 Å². The van der Waals surface area contributed by atoms with E-state index in [1.54, 1.807) is 0 Å². The Bertz CT molecular complexity index is 993. The van der Waals surface area contributed by atoms with Gasteiger partial charge in [0, 0.05) is 55.3 Å². The number of piperidine rings is 1. The third kappa shape index (κ3) is 4.78. The molecule has 1 N–H and O–H groups in total. The molecule has 1 atom stereocenters. The molecule has 2 saturated heterocycles. The third-order valence-electron chi connectivity index (χ3n) is 7.91. The highest BCUT2D eigenvalue weighted by Crippen LogP contribution is 2.36. The second kappa shape index (κ2) is 10.1. The van der Waals surface area contributed by atoms with Gasteiger partial charge in [-0.25, -0.2) is 0 Å². The molecule has 2 aromatic rings. The van der Waals surface area contributed by atoms with E-state index in [1.165, 1.54) is 37.2 Å². The lowest BCUT2D eigenvalue weighted by Crippen LogP contribution is -2.57. The Kier molecular flexibility index (Phi) is 6.93. The molecule has 2 heterocycles. The van der Waals surface area contributed by atoms with E-state index < -0.39 is 0 Å². The summed E-state index contributed by atoms with van der Waals surface area (Å²) >= 11 is 2.04. The zero-order valence-electron chi connectivity index (χ0n) is 19.4. The van der Waals surface area contributed by atoms with Gasteiger partial charge in [-0.15, -0.1) is 0 Å². The number of benzene rings is 2. The van der Waals surface area contributed by atoms with Crippen molar-refractivity contribution in [3.05, 3.63) is 48.0 Å². The molecule has 176 valence electrons. The minimum atomic E-state index is -0.118. The fraction of sp³-hybridized carbons (Fsp3) is 0.556. The van der Waals surface area contributed by atoms with Crippen LogP contribution in [-0.2, 0) is 4.79 Å².